The Hall–Kier alpha value is -3.57. The second-order valence-corrected chi connectivity index (χ2v) is 10.00. The molecule has 0 saturated carbocycles. The van der Waals surface area contributed by atoms with Gasteiger partial charge in [-0.2, -0.15) is 21.9 Å². The Bertz CT molecular complexity index is 1350. The van der Waals surface area contributed by atoms with Gasteiger partial charge in [0.25, 0.3) is 10.0 Å². The zero-order valence-electron chi connectivity index (χ0n) is 18.0. The molecule has 0 saturated heterocycles. The molecular formula is C22H22N2O7S2. The summed E-state index contributed by atoms with van der Waals surface area (Å²) >= 11 is 0. The van der Waals surface area contributed by atoms with Crippen molar-refractivity contribution in [2.24, 2.45) is 5.10 Å². The van der Waals surface area contributed by atoms with E-state index in [0.29, 0.717) is 11.3 Å². The minimum absolute atomic E-state index is 0.0364. The van der Waals surface area contributed by atoms with Gasteiger partial charge in [0.15, 0.2) is 11.5 Å². The Labute approximate surface area is 192 Å². The highest BCUT2D eigenvalue weighted by Gasteiger charge is 2.19. The molecule has 0 heterocycles. The van der Waals surface area contributed by atoms with E-state index in [9.17, 15) is 16.8 Å². The first kappa shape index (κ1) is 24.1. The van der Waals surface area contributed by atoms with E-state index < -0.39 is 20.1 Å². The molecule has 3 aromatic carbocycles. The highest BCUT2D eigenvalue weighted by Crippen LogP contribution is 2.30. The van der Waals surface area contributed by atoms with E-state index in [2.05, 4.69) is 9.93 Å². The van der Waals surface area contributed by atoms with Gasteiger partial charge in [0.2, 0.25) is 0 Å². The minimum atomic E-state index is -4.11. The zero-order valence-corrected chi connectivity index (χ0v) is 19.7. The number of aryl methyl sites for hydroxylation is 1. The van der Waals surface area contributed by atoms with Crippen molar-refractivity contribution in [2.45, 2.75) is 16.7 Å². The van der Waals surface area contributed by atoms with Crippen molar-refractivity contribution in [3.05, 3.63) is 77.9 Å². The van der Waals surface area contributed by atoms with Crippen molar-refractivity contribution < 1.29 is 30.5 Å². The van der Waals surface area contributed by atoms with E-state index in [0.717, 1.165) is 5.56 Å². The maximum Gasteiger partial charge on any atom is 0.339 e. The van der Waals surface area contributed by atoms with Gasteiger partial charge in [0.1, 0.15) is 10.6 Å². The summed E-state index contributed by atoms with van der Waals surface area (Å²) in [6, 6.07) is 16.4. The van der Waals surface area contributed by atoms with Crippen LogP contribution in [0.1, 0.15) is 11.1 Å². The molecule has 0 aliphatic heterocycles. The normalized spacial score (nSPS) is 11.8. The second kappa shape index (κ2) is 9.92. The van der Waals surface area contributed by atoms with Crippen LogP contribution in [-0.4, -0.2) is 37.3 Å². The summed E-state index contributed by atoms with van der Waals surface area (Å²) in [7, 11) is -5.11. The quantitative estimate of drug-likeness (QED) is 0.278. The summed E-state index contributed by atoms with van der Waals surface area (Å²) in [6.45, 7) is 1.85. The van der Waals surface area contributed by atoms with Crippen molar-refractivity contribution in [2.75, 3.05) is 14.2 Å². The Kier molecular flexibility index (Phi) is 7.24. The second-order valence-electron chi connectivity index (χ2n) is 6.79. The smallest absolute Gasteiger partial charge is 0.339 e. The number of ether oxygens (including phenoxy) is 2. The van der Waals surface area contributed by atoms with Gasteiger partial charge in [-0.15, -0.1) is 0 Å². The zero-order chi connectivity index (χ0) is 24.1. The van der Waals surface area contributed by atoms with Crippen LogP contribution in [0.15, 0.2) is 81.6 Å². The lowest BCUT2D eigenvalue weighted by atomic mass is 10.2. The van der Waals surface area contributed by atoms with Gasteiger partial charge in [-0.3, -0.25) is 0 Å². The van der Waals surface area contributed by atoms with Crippen molar-refractivity contribution in [1.82, 2.24) is 4.83 Å². The fourth-order valence-electron chi connectivity index (χ4n) is 2.68. The molecule has 174 valence electrons. The number of hydrogen-bond donors (Lipinski definition) is 1. The maximum absolute atomic E-state index is 12.6. The molecule has 3 aromatic rings. The molecular weight excluding hydrogens is 468 g/mol. The fraction of sp³-hybridized carbons (Fsp3) is 0.136. The van der Waals surface area contributed by atoms with E-state index >= 15 is 0 Å². The highest BCUT2D eigenvalue weighted by molar-refractivity contribution is 7.89. The van der Waals surface area contributed by atoms with Crippen LogP contribution < -0.4 is 18.5 Å². The number of rotatable bonds is 9. The highest BCUT2D eigenvalue weighted by atomic mass is 32.2. The third-order valence-corrected chi connectivity index (χ3v) is 6.94. The SMILES string of the molecule is COc1ccc(S(=O)(=O)Oc2ccc(/C=N\NS(=O)(=O)c3ccc(C)cc3)cc2OC)cc1. The number of methoxy groups -OCH3 is 2. The van der Waals surface area contributed by atoms with Crippen LogP contribution in [0, 0.1) is 6.92 Å². The lowest BCUT2D eigenvalue weighted by Gasteiger charge is -2.11. The topological polar surface area (TPSA) is 120 Å². The van der Waals surface area contributed by atoms with Crippen molar-refractivity contribution >= 4 is 26.4 Å². The number of benzene rings is 3. The molecule has 0 atom stereocenters. The predicted octanol–water partition coefficient (Wildman–Crippen LogP) is 3.09. The molecule has 0 fully saturated rings. The van der Waals surface area contributed by atoms with Gasteiger partial charge in [-0.05, 0) is 67.1 Å². The van der Waals surface area contributed by atoms with Crippen molar-refractivity contribution in [1.29, 1.82) is 0 Å². The Morgan fingerprint density at radius 2 is 1.42 bits per heavy atom. The first-order valence-electron chi connectivity index (χ1n) is 9.53. The van der Waals surface area contributed by atoms with E-state index in [1.165, 1.54) is 75.0 Å². The molecule has 0 spiro atoms. The average molecular weight is 491 g/mol. The van der Waals surface area contributed by atoms with Gasteiger partial charge >= 0.3 is 10.1 Å². The largest absolute Gasteiger partial charge is 0.497 e. The van der Waals surface area contributed by atoms with Crippen LogP contribution in [0.3, 0.4) is 0 Å². The minimum Gasteiger partial charge on any atom is -0.497 e. The van der Waals surface area contributed by atoms with E-state index in [-0.39, 0.29) is 21.3 Å². The molecule has 0 aliphatic rings. The van der Waals surface area contributed by atoms with Gasteiger partial charge in [0.05, 0.1) is 25.3 Å². The van der Waals surface area contributed by atoms with Crippen LogP contribution in [0.5, 0.6) is 17.2 Å². The van der Waals surface area contributed by atoms with Crippen LogP contribution in [0.4, 0.5) is 0 Å². The summed E-state index contributed by atoms with van der Waals surface area (Å²) in [5.74, 6) is 0.594. The molecule has 9 nitrogen and oxygen atoms in total. The third kappa shape index (κ3) is 6.02. The lowest BCUT2D eigenvalue weighted by Crippen LogP contribution is -2.18. The number of sulfonamides is 1. The Morgan fingerprint density at radius 1 is 0.788 bits per heavy atom. The van der Waals surface area contributed by atoms with E-state index in [1.54, 1.807) is 12.1 Å². The summed E-state index contributed by atoms with van der Waals surface area (Å²) in [4.78, 5) is 2.15. The molecule has 0 amide bonds. The van der Waals surface area contributed by atoms with Gasteiger partial charge in [0, 0.05) is 0 Å². The predicted molar refractivity (Wildman–Crippen MR) is 123 cm³/mol. The van der Waals surface area contributed by atoms with Crippen molar-refractivity contribution in [3.8, 4) is 17.2 Å². The van der Waals surface area contributed by atoms with E-state index in [4.69, 9.17) is 13.7 Å². The molecule has 0 aromatic heterocycles. The molecule has 1 N–H and O–H groups in total. The molecule has 0 bridgehead atoms. The van der Waals surface area contributed by atoms with Crippen molar-refractivity contribution in [3.63, 3.8) is 0 Å². The van der Waals surface area contributed by atoms with Crippen LogP contribution in [-0.2, 0) is 20.1 Å². The number of hydrazone groups is 1. The number of nitrogens with zero attached hydrogens (tertiary/aromatic N) is 1. The van der Waals surface area contributed by atoms with E-state index in [1.807, 2.05) is 6.92 Å². The monoisotopic (exact) mass is 490 g/mol. The molecule has 3 rings (SSSR count). The molecule has 0 unspecified atom stereocenters. The van der Waals surface area contributed by atoms with Gasteiger partial charge in [-0.1, -0.05) is 17.7 Å². The molecule has 33 heavy (non-hydrogen) atoms. The summed E-state index contributed by atoms with van der Waals surface area (Å²) < 4.78 is 65.2. The van der Waals surface area contributed by atoms with Crippen LogP contribution in [0.2, 0.25) is 0 Å². The summed E-state index contributed by atoms with van der Waals surface area (Å²) in [5.41, 5.74) is 1.38. The third-order valence-electron chi connectivity index (χ3n) is 4.45. The average Bonchev–Trinajstić information content (AvgIpc) is 2.80. The van der Waals surface area contributed by atoms with Crippen LogP contribution >= 0.6 is 0 Å². The Morgan fingerprint density at radius 3 is 2.03 bits per heavy atom. The molecule has 0 aliphatic carbocycles. The molecule has 11 heteroatoms. The van der Waals surface area contributed by atoms with Crippen LogP contribution in [0.25, 0.3) is 0 Å². The standard InChI is InChI=1S/C22H22N2O7S2/c1-16-4-9-19(10-5-16)32(25,26)24-23-15-17-6-13-21(22(14-17)30-3)31-33(27,28)20-11-7-18(29-2)8-12-20/h4-15,24H,1-3H3/b23-15-. The van der Waals surface area contributed by atoms with Gasteiger partial charge < -0.3 is 13.7 Å². The fourth-order valence-corrected chi connectivity index (χ4v) is 4.41. The first-order valence-corrected chi connectivity index (χ1v) is 12.4. The summed E-state index contributed by atoms with van der Waals surface area (Å²) in [5, 5.41) is 3.77. The van der Waals surface area contributed by atoms with Gasteiger partial charge in [-0.25, -0.2) is 4.83 Å². The molecule has 0 radical (unpaired) electrons. The first-order chi connectivity index (χ1) is 15.6. The maximum atomic E-state index is 12.6. The number of hydrogen-bond acceptors (Lipinski definition) is 8. The Balaban J connectivity index is 1.75. The number of nitrogens with one attached hydrogen (secondary N) is 1. The lowest BCUT2D eigenvalue weighted by molar-refractivity contribution is 0.390. The summed E-state index contributed by atoms with van der Waals surface area (Å²) in [6.07, 6.45) is 1.26.